The molecule has 0 amide bonds. The van der Waals surface area contributed by atoms with Crippen LogP contribution in [0, 0.1) is 5.92 Å². The summed E-state index contributed by atoms with van der Waals surface area (Å²) in [4.78, 5) is 4.18. The zero-order valence-corrected chi connectivity index (χ0v) is 11.6. The summed E-state index contributed by atoms with van der Waals surface area (Å²) < 4.78 is 5.80. The van der Waals surface area contributed by atoms with Crippen molar-refractivity contribution in [1.29, 1.82) is 0 Å². The zero-order chi connectivity index (χ0) is 13.0. The van der Waals surface area contributed by atoms with E-state index in [1.165, 1.54) is 5.56 Å². The van der Waals surface area contributed by atoms with Crippen molar-refractivity contribution in [2.45, 2.75) is 51.8 Å². The number of hydrogen-bond acceptors (Lipinski definition) is 3. The minimum absolute atomic E-state index is 0.356. The summed E-state index contributed by atoms with van der Waals surface area (Å²) in [5.74, 6) is 0.600. The van der Waals surface area contributed by atoms with Gasteiger partial charge < -0.3 is 10.1 Å². The Hall–Kier alpha value is -0.930. The Kier molecular flexibility index (Phi) is 4.72. The third kappa shape index (κ3) is 3.53. The van der Waals surface area contributed by atoms with Crippen molar-refractivity contribution in [1.82, 2.24) is 10.3 Å². The number of nitrogens with one attached hydrogen (secondary N) is 1. The lowest BCUT2D eigenvalue weighted by molar-refractivity contribution is -0.0257. The van der Waals surface area contributed by atoms with Crippen LogP contribution in [-0.4, -0.2) is 23.7 Å². The molecule has 1 aliphatic rings. The van der Waals surface area contributed by atoms with Gasteiger partial charge in [0.1, 0.15) is 0 Å². The topological polar surface area (TPSA) is 34.2 Å². The summed E-state index contributed by atoms with van der Waals surface area (Å²) in [6.45, 7) is 7.55. The molecule has 0 aromatic carbocycles. The molecular formula is C15H24N2O. The van der Waals surface area contributed by atoms with Crippen molar-refractivity contribution >= 4 is 0 Å². The smallest absolute Gasteiger partial charge is 0.0612 e. The molecule has 0 spiro atoms. The van der Waals surface area contributed by atoms with E-state index in [9.17, 15) is 0 Å². The number of pyridine rings is 1. The molecular weight excluding hydrogens is 224 g/mol. The quantitative estimate of drug-likeness (QED) is 0.889. The van der Waals surface area contributed by atoms with Crippen molar-refractivity contribution in [2.75, 3.05) is 6.61 Å². The van der Waals surface area contributed by atoms with Gasteiger partial charge in [-0.1, -0.05) is 19.9 Å². The minimum atomic E-state index is 0.356. The van der Waals surface area contributed by atoms with Crippen LogP contribution in [0.1, 0.15) is 45.2 Å². The van der Waals surface area contributed by atoms with Gasteiger partial charge in [0.2, 0.25) is 0 Å². The van der Waals surface area contributed by atoms with Crippen molar-refractivity contribution in [3.8, 4) is 0 Å². The Bertz CT molecular complexity index is 353. The second kappa shape index (κ2) is 6.30. The minimum Gasteiger partial charge on any atom is -0.378 e. The van der Waals surface area contributed by atoms with Crippen LogP contribution in [-0.2, 0) is 4.74 Å². The molecule has 1 saturated heterocycles. The van der Waals surface area contributed by atoms with Gasteiger partial charge in [0, 0.05) is 31.1 Å². The summed E-state index contributed by atoms with van der Waals surface area (Å²) in [5.41, 5.74) is 1.25. The third-order valence-corrected chi connectivity index (χ3v) is 3.73. The molecule has 2 rings (SSSR count). The Balaban J connectivity index is 1.89. The first-order valence-electron chi connectivity index (χ1n) is 6.94. The number of hydrogen-bond donors (Lipinski definition) is 1. The largest absolute Gasteiger partial charge is 0.378 e. The molecule has 3 atom stereocenters. The van der Waals surface area contributed by atoms with Crippen LogP contribution in [0.15, 0.2) is 24.5 Å². The van der Waals surface area contributed by atoms with E-state index in [2.05, 4.69) is 37.1 Å². The number of aromatic nitrogens is 1. The van der Waals surface area contributed by atoms with Gasteiger partial charge in [-0.15, -0.1) is 0 Å². The molecule has 1 fully saturated rings. The molecule has 1 N–H and O–H groups in total. The van der Waals surface area contributed by atoms with Crippen molar-refractivity contribution < 1.29 is 4.74 Å². The lowest BCUT2D eigenvalue weighted by Gasteiger charge is -2.34. The van der Waals surface area contributed by atoms with Crippen LogP contribution in [0.25, 0.3) is 0 Å². The summed E-state index contributed by atoms with van der Waals surface area (Å²) >= 11 is 0. The summed E-state index contributed by atoms with van der Waals surface area (Å²) in [6.07, 6.45) is 6.38. The van der Waals surface area contributed by atoms with Gasteiger partial charge in [0.15, 0.2) is 0 Å². The van der Waals surface area contributed by atoms with E-state index < -0.39 is 0 Å². The maximum atomic E-state index is 5.80. The summed E-state index contributed by atoms with van der Waals surface area (Å²) in [7, 11) is 0. The number of nitrogens with zero attached hydrogens (tertiary/aromatic N) is 1. The van der Waals surface area contributed by atoms with Crippen LogP contribution in [0.3, 0.4) is 0 Å². The molecule has 0 bridgehead atoms. The van der Waals surface area contributed by atoms with Gasteiger partial charge in [0.25, 0.3) is 0 Å². The summed E-state index contributed by atoms with van der Waals surface area (Å²) in [5, 5.41) is 3.70. The van der Waals surface area contributed by atoms with Gasteiger partial charge in [-0.3, -0.25) is 4.98 Å². The Labute approximate surface area is 110 Å². The first kappa shape index (κ1) is 13.5. The molecule has 1 aromatic heterocycles. The fourth-order valence-electron chi connectivity index (χ4n) is 2.53. The van der Waals surface area contributed by atoms with Crippen LogP contribution in [0.5, 0.6) is 0 Å². The van der Waals surface area contributed by atoms with Gasteiger partial charge in [-0.2, -0.15) is 0 Å². The molecule has 1 aromatic rings. The average molecular weight is 248 g/mol. The van der Waals surface area contributed by atoms with E-state index in [-0.39, 0.29) is 0 Å². The standard InChI is InChI=1S/C15H24N2O/c1-11(2)15-9-14(6-8-18-15)17-12(3)13-5-4-7-16-10-13/h4-5,7,10-12,14-15,17H,6,8-9H2,1-3H3/t12-,14?,15?/m0/s1. The van der Waals surface area contributed by atoms with Crippen molar-refractivity contribution in [2.24, 2.45) is 5.92 Å². The third-order valence-electron chi connectivity index (χ3n) is 3.73. The first-order valence-corrected chi connectivity index (χ1v) is 6.94. The maximum Gasteiger partial charge on any atom is 0.0612 e. The molecule has 0 saturated carbocycles. The predicted octanol–water partition coefficient (Wildman–Crippen LogP) is 2.94. The molecule has 1 aliphatic heterocycles. The van der Waals surface area contributed by atoms with E-state index in [1.807, 2.05) is 18.5 Å². The highest BCUT2D eigenvalue weighted by molar-refractivity contribution is 5.13. The van der Waals surface area contributed by atoms with Crippen LogP contribution < -0.4 is 5.32 Å². The van der Waals surface area contributed by atoms with Crippen molar-refractivity contribution in [3.63, 3.8) is 0 Å². The van der Waals surface area contributed by atoms with E-state index in [1.54, 1.807) is 0 Å². The van der Waals surface area contributed by atoms with Crippen LogP contribution in [0.2, 0.25) is 0 Å². The molecule has 0 radical (unpaired) electrons. The molecule has 3 nitrogen and oxygen atoms in total. The van der Waals surface area contributed by atoms with E-state index >= 15 is 0 Å². The Morgan fingerprint density at radius 1 is 1.39 bits per heavy atom. The van der Waals surface area contributed by atoms with Gasteiger partial charge in [-0.25, -0.2) is 0 Å². The van der Waals surface area contributed by atoms with Gasteiger partial charge in [-0.05, 0) is 37.3 Å². The SMILES string of the molecule is CC(C)C1CC(N[C@@H](C)c2cccnc2)CCO1. The second-order valence-corrected chi connectivity index (χ2v) is 5.55. The fraction of sp³-hybridized carbons (Fsp3) is 0.667. The van der Waals surface area contributed by atoms with E-state index in [0.29, 0.717) is 24.1 Å². The molecule has 3 heteroatoms. The lowest BCUT2D eigenvalue weighted by Crippen LogP contribution is -2.41. The Morgan fingerprint density at radius 3 is 2.89 bits per heavy atom. The van der Waals surface area contributed by atoms with Crippen LogP contribution in [0.4, 0.5) is 0 Å². The first-order chi connectivity index (χ1) is 8.66. The highest BCUT2D eigenvalue weighted by Gasteiger charge is 2.25. The summed E-state index contributed by atoms with van der Waals surface area (Å²) in [6, 6.07) is 5.04. The molecule has 2 heterocycles. The zero-order valence-electron chi connectivity index (χ0n) is 11.6. The highest BCUT2D eigenvalue weighted by Crippen LogP contribution is 2.22. The second-order valence-electron chi connectivity index (χ2n) is 5.55. The Morgan fingerprint density at radius 2 is 2.22 bits per heavy atom. The lowest BCUT2D eigenvalue weighted by atomic mass is 9.94. The fourth-order valence-corrected chi connectivity index (χ4v) is 2.53. The average Bonchev–Trinajstić information content (AvgIpc) is 2.40. The van der Waals surface area contributed by atoms with Gasteiger partial charge >= 0.3 is 0 Å². The molecule has 2 unspecified atom stereocenters. The molecule has 100 valence electrons. The monoisotopic (exact) mass is 248 g/mol. The maximum absolute atomic E-state index is 5.80. The van der Waals surface area contributed by atoms with Crippen molar-refractivity contribution in [3.05, 3.63) is 30.1 Å². The van der Waals surface area contributed by atoms with Crippen LogP contribution >= 0.6 is 0 Å². The predicted molar refractivity (Wildman–Crippen MR) is 73.4 cm³/mol. The van der Waals surface area contributed by atoms with E-state index in [4.69, 9.17) is 4.74 Å². The normalized spacial score (nSPS) is 26.2. The molecule has 18 heavy (non-hydrogen) atoms. The number of rotatable bonds is 4. The molecule has 0 aliphatic carbocycles. The van der Waals surface area contributed by atoms with E-state index in [0.717, 1.165) is 19.4 Å². The van der Waals surface area contributed by atoms with Gasteiger partial charge in [0.05, 0.1) is 6.10 Å². The number of ether oxygens (including phenoxy) is 1. The highest BCUT2D eigenvalue weighted by atomic mass is 16.5.